The first-order chi connectivity index (χ1) is 21.8. The van der Waals surface area contributed by atoms with Crippen molar-refractivity contribution in [2.45, 2.75) is 168 Å². The van der Waals surface area contributed by atoms with E-state index in [9.17, 15) is 19.8 Å². The summed E-state index contributed by atoms with van der Waals surface area (Å²) in [5.41, 5.74) is 0. The lowest BCUT2D eigenvalue weighted by atomic mass is 10.0. The van der Waals surface area contributed by atoms with Crippen molar-refractivity contribution in [3.8, 4) is 0 Å². The van der Waals surface area contributed by atoms with Gasteiger partial charge in [0, 0.05) is 12.8 Å². The Hall–Kier alpha value is -2.18. The maximum absolute atomic E-state index is 11.9. The van der Waals surface area contributed by atoms with Gasteiger partial charge in [-0.1, -0.05) is 134 Å². The molecule has 0 spiro atoms. The molecule has 2 N–H and O–H groups in total. The minimum absolute atomic E-state index is 0.142. The third kappa shape index (κ3) is 34.5. The van der Waals surface area contributed by atoms with E-state index >= 15 is 0 Å². The average Bonchev–Trinajstić information content (AvgIpc) is 3.02. The Labute approximate surface area is 276 Å². The molecule has 0 fully saturated rings. The Morgan fingerprint density at radius 2 is 0.956 bits per heavy atom. The maximum Gasteiger partial charge on any atom is 0.305 e. The van der Waals surface area contributed by atoms with Crippen LogP contribution in [0.3, 0.4) is 0 Å². The van der Waals surface area contributed by atoms with E-state index in [1.54, 1.807) is 0 Å². The molecule has 0 aliphatic rings. The summed E-state index contributed by atoms with van der Waals surface area (Å²) in [6.07, 6.45) is 36.8. The predicted molar refractivity (Wildman–Crippen MR) is 188 cm³/mol. The number of rotatable bonds is 31. The van der Waals surface area contributed by atoms with Gasteiger partial charge in [-0.2, -0.15) is 0 Å². The highest BCUT2D eigenvalue weighted by molar-refractivity contribution is 5.69. The summed E-state index contributed by atoms with van der Waals surface area (Å²) >= 11 is 0. The first kappa shape index (κ1) is 42.8. The van der Waals surface area contributed by atoms with E-state index in [-0.39, 0.29) is 31.3 Å². The second-order valence-corrected chi connectivity index (χ2v) is 12.6. The van der Waals surface area contributed by atoms with E-state index < -0.39 is 6.10 Å². The Morgan fingerprint density at radius 1 is 0.533 bits per heavy atom. The molecule has 0 saturated heterocycles. The first-order valence-corrected chi connectivity index (χ1v) is 18.1. The normalized spacial score (nSPS) is 13.6. The molecule has 0 rings (SSSR count). The molecular weight excluding hydrogens is 564 g/mol. The summed E-state index contributed by atoms with van der Waals surface area (Å²) < 4.78 is 10.2. The van der Waals surface area contributed by atoms with Gasteiger partial charge >= 0.3 is 11.9 Å². The standard InChI is InChI=1S/C39H68O6/c1-4-36(40)30-26-22-18-14-9-7-5-6-8-10-15-19-23-27-31-38(42)44-33-37(41)34-45-39(43)32-28-24-20-16-12-11-13-17-21-25-29-35(2)3/h6-9,15,18-19,22,35-37,40-41H,4-5,10-14,16-17,20-21,23-34H2,1-3H3/b8-6-,9-7-,19-15-,22-18-/t36-,37-/m0/s1. The Morgan fingerprint density at radius 3 is 1.44 bits per heavy atom. The fraction of sp³-hybridized carbons (Fsp3) is 0.744. The lowest BCUT2D eigenvalue weighted by molar-refractivity contribution is -0.152. The summed E-state index contributed by atoms with van der Waals surface area (Å²) in [6, 6.07) is 0. The third-order valence-electron chi connectivity index (χ3n) is 7.66. The average molecular weight is 633 g/mol. The third-order valence-corrected chi connectivity index (χ3v) is 7.66. The van der Waals surface area contributed by atoms with Gasteiger partial charge in [-0.3, -0.25) is 9.59 Å². The van der Waals surface area contributed by atoms with Crippen LogP contribution in [-0.4, -0.2) is 47.6 Å². The Balaban J connectivity index is 3.58. The fourth-order valence-electron chi connectivity index (χ4n) is 4.71. The van der Waals surface area contributed by atoms with Gasteiger partial charge in [0.2, 0.25) is 0 Å². The van der Waals surface area contributed by atoms with Crippen molar-refractivity contribution < 1.29 is 29.3 Å². The van der Waals surface area contributed by atoms with Crippen molar-refractivity contribution >= 4 is 11.9 Å². The number of unbranched alkanes of at least 4 members (excludes halogenated alkanes) is 10. The molecule has 45 heavy (non-hydrogen) atoms. The lowest BCUT2D eigenvalue weighted by Crippen LogP contribution is -2.25. The van der Waals surface area contributed by atoms with Crippen LogP contribution in [-0.2, 0) is 19.1 Å². The van der Waals surface area contributed by atoms with Crippen LogP contribution >= 0.6 is 0 Å². The van der Waals surface area contributed by atoms with Gasteiger partial charge in [0.1, 0.15) is 19.3 Å². The second-order valence-electron chi connectivity index (χ2n) is 12.6. The van der Waals surface area contributed by atoms with Crippen molar-refractivity contribution in [3.05, 3.63) is 48.6 Å². The molecule has 0 saturated carbocycles. The monoisotopic (exact) mass is 633 g/mol. The molecule has 0 aliphatic heterocycles. The van der Waals surface area contributed by atoms with Gasteiger partial charge in [-0.25, -0.2) is 0 Å². The highest BCUT2D eigenvalue weighted by atomic mass is 16.6. The van der Waals surface area contributed by atoms with E-state index in [2.05, 4.69) is 62.5 Å². The zero-order valence-corrected chi connectivity index (χ0v) is 29.1. The summed E-state index contributed by atoms with van der Waals surface area (Å²) in [7, 11) is 0. The number of esters is 2. The number of allylic oxidation sites excluding steroid dienone is 8. The molecule has 2 atom stereocenters. The molecule has 0 radical (unpaired) electrons. The van der Waals surface area contributed by atoms with Crippen LogP contribution < -0.4 is 0 Å². The summed E-state index contributed by atoms with van der Waals surface area (Å²) in [5.74, 6) is 0.171. The van der Waals surface area contributed by atoms with Crippen LogP contribution in [0.5, 0.6) is 0 Å². The summed E-state index contributed by atoms with van der Waals surface area (Å²) in [4.78, 5) is 23.8. The number of aliphatic hydroxyl groups excluding tert-OH is 2. The highest BCUT2D eigenvalue weighted by Gasteiger charge is 2.12. The van der Waals surface area contributed by atoms with Crippen molar-refractivity contribution in [3.63, 3.8) is 0 Å². The van der Waals surface area contributed by atoms with Crippen LogP contribution in [0.25, 0.3) is 0 Å². The number of carbonyl (C=O) groups is 2. The molecule has 0 unspecified atom stereocenters. The molecular formula is C39H68O6. The van der Waals surface area contributed by atoms with Gasteiger partial charge in [0.05, 0.1) is 6.10 Å². The molecule has 6 nitrogen and oxygen atoms in total. The molecule has 0 aromatic heterocycles. The molecule has 0 amide bonds. The highest BCUT2D eigenvalue weighted by Crippen LogP contribution is 2.14. The second kappa shape index (κ2) is 33.2. The minimum atomic E-state index is -0.994. The lowest BCUT2D eigenvalue weighted by Gasteiger charge is -2.12. The van der Waals surface area contributed by atoms with E-state index in [0.717, 1.165) is 70.1 Å². The van der Waals surface area contributed by atoms with E-state index in [4.69, 9.17) is 9.47 Å². The van der Waals surface area contributed by atoms with Crippen molar-refractivity contribution in [2.24, 2.45) is 5.92 Å². The number of ether oxygens (including phenoxy) is 2. The molecule has 0 bridgehead atoms. The molecule has 0 aliphatic carbocycles. The van der Waals surface area contributed by atoms with Crippen molar-refractivity contribution in [1.29, 1.82) is 0 Å². The molecule has 0 aromatic carbocycles. The SMILES string of the molecule is CC[C@H](O)CC/C=C\C/C=C\C/C=C\C/C=C\CCCC(=O)OC[C@H](O)COC(=O)CCCCCCCCCCCCC(C)C. The number of hydrogen-bond donors (Lipinski definition) is 2. The maximum atomic E-state index is 11.9. The topological polar surface area (TPSA) is 93.1 Å². The van der Waals surface area contributed by atoms with E-state index in [1.807, 2.05) is 6.92 Å². The van der Waals surface area contributed by atoms with Gasteiger partial charge in [-0.15, -0.1) is 0 Å². The van der Waals surface area contributed by atoms with Crippen molar-refractivity contribution in [2.75, 3.05) is 13.2 Å². The van der Waals surface area contributed by atoms with E-state index in [1.165, 1.54) is 51.4 Å². The number of carbonyl (C=O) groups excluding carboxylic acids is 2. The predicted octanol–water partition coefficient (Wildman–Crippen LogP) is 9.89. The number of aliphatic hydroxyl groups is 2. The van der Waals surface area contributed by atoms with Crippen molar-refractivity contribution in [1.82, 2.24) is 0 Å². The van der Waals surface area contributed by atoms with Gasteiger partial charge in [0.25, 0.3) is 0 Å². The Kier molecular flexibility index (Phi) is 31.6. The quantitative estimate of drug-likeness (QED) is 0.0449. The van der Waals surface area contributed by atoms with Crippen LogP contribution in [0.2, 0.25) is 0 Å². The van der Waals surface area contributed by atoms with Crippen LogP contribution in [0, 0.1) is 5.92 Å². The van der Waals surface area contributed by atoms with Crippen LogP contribution in [0.4, 0.5) is 0 Å². The summed E-state index contributed by atoms with van der Waals surface area (Å²) in [6.45, 7) is 6.28. The molecule has 6 heteroatoms. The summed E-state index contributed by atoms with van der Waals surface area (Å²) in [5, 5.41) is 19.5. The fourth-order valence-corrected chi connectivity index (χ4v) is 4.71. The molecule has 260 valence electrons. The molecule has 0 heterocycles. The van der Waals surface area contributed by atoms with Crippen LogP contribution in [0.1, 0.15) is 156 Å². The minimum Gasteiger partial charge on any atom is -0.463 e. The zero-order chi connectivity index (χ0) is 33.2. The largest absolute Gasteiger partial charge is 0.463 e. The van der Waals surface area contributed by atoms with E-state index in [0.29, 0.717) is 19.3 Å². The number of hydrogen-bond acceptors (Lipinski definition) is 6. The van der Waals surface area contributed by atoms with Gasteiger partial charge in [0.15, 0.2) is 0 Å². The zero-order valence-electron chi connectivity index (χ0n) is 29.1. The first-order valence-electron chi connectivity index (χ1n) is 18.1. The van der Waals surface area contributed by atoms with Gasteiger partial charge < -0.3 is 19.7 Å². The van der Waals surface area contributed by atoms with Gasteiger partial charge in [-0.05, 0) is 63.7 Å². The Bertz CT molecular complexity index is 797. The smallest absolute Gasteiger partial charge is 0.305 e. The molecule has 0 aromatic rings. The van der Waals surface area contributed by atoms with Crippen LogP contribution in [0.15, 0.2) is 48.6 Å².